The van der Waals surface area contributed by atoms with Crippen molar-refractivity contribution in [3.8, 4) is 0 Å². The van der Waals surface area contributed by atoms with Gasteiger partial charge in [0.2, 0.25) is 0 Å². The number of carbonyl (C=O) groups excluding carboxylic acids is 5. The minimum atomic E-state index is -1.81. The number of hydrogen-bond acceptors (Lipinski definition) is 6. The fourth-order valence-electron chi connectivity index (χ4n) is 5.76. The van der Waals surface area contributed by atoms with E-state index in [4.69, 9.17) is 16.3 Å². The van der Waals surface area contributed by atoms with Crippen LogP contribution in [0.25, 0.3) is 0 Å². The molecule has 0 bridgehead atoms. The molecule has 1 N–H and O–H groups in total. The second-order valence-electron chi connectivity index (χ2n) is 12.5. The van der Waals surface area contributed by atoms with Crippen LogP contribution in [0.2, 0.25) is 5.02 Å². The Morgan fingerprint density at radius 3 is 2.08 bits per heavy atom. The molecule has 0 saturated carbocycles. The molecule has 0 aromatic heterocycles. The van der Waals surface area contributed by atoms with Crippen molar-refractivity contribution < 1.29 is 28.7 Å². The quantitative estimate of drug-likeness (QED) is 0.0445. The van der Waals surface area contributed by atoms with Gasteiger partial charge in [-0.05, 0) is 37.1 Å². The Balaban J connectivity index is 1.42. The predicted octanol–water partition coefficient (Wildman–Crippen LogP) is 8.38. The molecule has 3 aromatic rings. The zero-order valence-electron chi connectivity index (χ0n) is 28.4. The number of nitrogens with one attached hydrogen (secondary N) is 1. The summed E-state index contributed by atoms with van der Waals surface area (Å²) in [5.41, 5.74) is 2.05. The van der Waals surface area contributed by atoms with E-state index in [0.717, 1.165) is 30.4 Å². The first kappa shape index (κ1) is 37.3. The van der Waals surface area contributed by atoms with E-state index in [2.05, 4.69) is 12.2 Å². The number of benzene rings is 3. The number of hydrogen-bond donors (Lipinski definition) is 1. The van der Waals surface area contributed by atoms with Crippen LogP contribution in [0.4, 0.5) is 10.5 Å². The van der Waals surface area contributed by atoms with E-state index in [1.54, 1.807) is 24.3 Å². The highest BCUT2D eigenvalue weighted by atomic mass is 35.5. The Labute approximate surface area is 293 Å². The third-order valence-electron chi connectivity index (χ3n) is 8.57. The van der Waals surface area contributed by atoms with Gasteiger partial charge in [-0.2, -0.15) is 0 Å². The first-order valence-corrected chi connectivity index (χ1v) is 17.6. The number of esters is 1. The lowest BCUT2D eigenvalue weighted by molar-refractivity contribution is -0.131. The Morgan fingerprint density at radius 2 is 1.43 bits per heavy atom. The molecule has 260 valence electrons. The van der Waals surface area contributed by atoms with E-state index in [1.165, 1.54) is 68.0 Å². The lowest BCUT2D eigenvalue weighted by atomic mass is 10.0. The molecule has 4 amide bonds. The van der Waals surface area contributed by atoms with Crippen LogP contribution >= 0.6 is 11.6 Å². The van der Waals surface area contributed by atoms with E-state index >= 15 is 0 Å². The zero-order chi connectivity index (χ0) is 35.2. The van der Waals surface area contributed by atoms with Crippen LogP contribution in [0.15, 0.2) is 72.8 Å². The molecule has 1 saturated heterocycles. The van der Waals surface area contributed by atoms with Gasteiger partial charge < -0.3 is 15.0 Å². The highest BCUT2D eigenvalue weighted by molar-refractivity contribution is 6.34. The largest absolute Gasteiger partial charge is 0.462 e. The van der Waals surface area contributed by atoms with Crippen LogP contribution in [0.3, 0.4) is 0 Å². The number of nitrogens with zero attached hydrogens (tertiary/aromatic N) is 2. The van der Waals surface area contributed by atoms with Crippen molar-refractivity contribution in [3.05, 3.63) is 100 Å². The number of ketones is 1. The van der Waals surface area contributed by atoms with Gasteiger partial charge in [-0.15, -0.1) is 0 Å². The summed E-state index contributed by atoms with van der Waals surface area (Å²) in [6.07, 6.45) is 11.6. The number of halogens is 1. The monoisotopic (exact) mass is 687 g/mol. The van der Waals surface area contributed by atoms with Gasteiger partial charge in [0.25, 0.3) is 11.8 Å². The maximum absolute atomic E-state index is 13.9. The number of carbonyl (C=O) groups is 5. The minimum Gasteiger partial charge on any atom is -0.462 e. The highest BCUT2D eigenvalue weighted by Gasteiger charge is 2.47. The Kier molecular flexibility index (Phi) is 14.4. The van der Waals surface area contributed by atoms with Crippen molar-refractivity contribution in [3.63, 3.8) is 0 Å². The molecule has 4 rings (SSSR count). The van der Waals surface area contributed by atoms with Gasteiger partial charge in [0, 0.05) is 12.1 Å². The van der Waals surface area contributed by atoms with Crippen LogP contribution < -0.4 is 5.32 Å². The molecule has 1 fully saturated rings. The number of imide groups is 1. The second kappa shape index (κ2) is 18.9. The molecular formula is C39H46ClN3O6. The van der Waals surface area contributed by atoms with Crippen molar-refractivity contribution in [2.24, 2.45) is 0 Å². The van der Waals surface area contributed by atoms with E-state index in [0.29, 0.717) is 4.90 Å². The van der Waals surface area contributed by atoms with Crippen molar-refractivity contribution in [1.82, 2.24) is 9.80 Å². The maximum atomic E-state index is 13.9. The zero-order valence-corrected chi connectivity index (χ0v) is 29.2. The van der Waals surface area contributed by atoms with Crippen LogP contribution in [0, 0.1) is 6.92 Å². The SMILES string of the molecule is CCCCCCCCCCCCOC(=O)c1ccc(Cl)c(NC(=O)C(C(=O)c2ccc(C)cc2)N2C(=O)CN(Cc3ccccc3)C2=O)c1. The van der Waals surface area contributed by atoms with Gasteiger partial charge in [0.15, 0.2) is 11.8 Å². The van der Waals surface area contributed by atoms with Gasteiger partial charge in [-0.1, -0.05) is 136 Å². The number of anilines is 1. The number of unbranched alkanes of at least 4 members (excludes halogenated alkanes) is 9. The average molecular weight is 688 g/mol. The van der Waals surface area contributed by atoms with Crippen LogP contribution in [-0.4, -0.2) is 58.6 Å². The summed E-state index contributed by atoms with van der Waals surface area (Å²) < 4.78 is 5.47. The summed E-state index contributed by atoms with van der Waals surface area (Å²) in [7, 11) is 0. The summed E-state index contributed by atoms with van der Waals surface area (Å²) in [6.45, 7) is 4.17. The topological polar surface area (TPSA) is 113 Å². The van der Waals surface area contributed by atoms with Crippen molar-refractivity contribution in [1.29, 1.82) is 0 Å². The van der Waals surface area contributed by atoms with E-state index in [1.807, 2.05) is 37.3 Å². The summed E-state index contributed by atoms with van der Waals surface area (Å²) in [5, 5.41) is 2.70. The third kappa shape index (κ3) is 10.7. The normalized spacial score (nSPS) is 13.4. The highest BCUT2D eigenvalue weighted by Crippen LogP contribution is 2.26. The molecule has 0 radical (unpaired) electrons. The number of amides is 4. The molecule has 10 heteroatoms. The first-order chi connectivity index (χ1) is 23.7. The van der Waals surface area contributed by atoms with Gasteiger partial charge in [-0.25, -0.2) is 14.5 Å². The smallest absolute Gasteiger partial charge is 0.338 e. The Bertz CT molecular complexity index is 1590. The molecule has 1 unspecified atom stereocenters. The Hall–Kier alpha value is -4.50. The van der Waals surface area contributed by atoms with E-state index < -0.39 is 35.6 Å². The molecule has 1 heterocycles. The van der Waals surface area contributed by atoms with E-state index in [9.17, 15) is 24.0 Å². The minimum absolute atomic E-state index is 0.0435. The summed E-state index contributed by atoms with van der Waals surface area (Å²) >= 11 is 6.41. The molecule has 1 atom stereocenters. The summed E-state index contributed by atoms with van der Waals surface area (Å²) in [6, 6.07) is 17.3. The lowest BCUT2D eigenvalue weighted by Gasteiger charge is -2.25. The van der Waals surface area contributed by atoms with E-state index in [-0.39, 0.29) is 41.5 Å². The van der Waals surface area contributed by atoms with Crippen LogP contribution in [0.1, 0.15) is 103 Å². The molecule has 49 heavy (non-hydrogen) atoms. The predicted molar refractivity (Wildman–Crippen MR) is 191 cm³/mol. The number of ether oxygens (including phenoxy) is 1. The first-order valence-electron chi connectivity index (χ1n) is 17.2. The number of Topliss-reactive ketones (excluding diaryl/α,β-unsaturated/α-hetero) is 1. The lowest BCUT2D eigenvalue weighted by Crippen LogP contribution is -2.52. The molecule has 3 aromatic carbocycles. The van der Waals surface area contributed by atoms with Gasteiger partial charge in [-0.3, -0.25) is 14.4 Å². The standard InChI is InChI=1S/C39H46ClN3O6/c1-3-4-5-6-7-8-9-10-11-15-24-49-38(47)31-22-23-32(40)33(25-31)41-37(46)35(36(45)30-20-18-28(2)19-21-30)43-34(44)27-42(39(43)48)26-29-16-13-12-14-17-29/h12-14,16-23,25,35H,3-11,15,24,26-27H2,1-2H3,(H,41,46). The number of rotatable bonds is 19. The number of urea groups is 1. The second-order valence-corrected chi connectivity index (χ2v) is 12.9. The molecule has 9 nitrogen and oxygen atoms in total. The maximum Gasteiger partial charge on any atom is 0.338 e. The van der Waals surface area contributed by atoms with Crippen molar-refractivity contribution in [2.75, 3.05) is 18.5 Å². The summed E-state index contributed by atoms with van der Waals surface area (Å²) in [4.78, 5) is 69.4. The van der Waals surface area contributed by atoms with Crippen LogP contribution in [-0.2, 0) is 20.9 Å². The Morgan fingerprint density at radius 1 is 0.816 bits per heavy atom. The van der Waals surface area contributed by atoms with Crippen molar-refractivity contribution >= 4 is 46.9 Å². The average Bonchev–Trinajstić information content (AvgIpc) is 3.36. The van der Waals surface area contributed by atoms with Crippen LogP contribution in [0.5, 0.6) is 0 Å². The van der Waals surface area contributed by atoms with Gasteiger partial charge in [0.1, 0.15) is 6.54 Å². The summed E-state index contributed by atoms with van der Waals surface area (Å²) in [5.74, 6) is -2.93. The van der Waals surface area contributed by atoms with Gasteiger partial charge >= 0.3 is 12.0 Å². The molecule has 1 aliphatic heterocycles. The molecule has 1 aliphatic rings. The fraction of sp³-hybridized carbons (Fsp3) is 0.410. The third-order valence-corrected chi connectivity index (χ3v) is 8.90. The van der Waals surface area contributed by atoms with Gasteiger partial charge in [0.05, 0.1) is 22.9 Å². The number of aryl methyl sites for hydroxylation is 1. The van der Waals surface area contributed by atoms with Crippen molar-refractivity contribution in [2.45, 2.75) is 90.6 Å². The molecule has 0 spiro atoms. The molecular weight excluding hydrogens is 642 g/mol. The molecule has 0 aliphatic carbocycles. The fourth-order valence-corrected chi connectivity index (χ4v) is 5.93.